The Hall–Kier alpha value is -0.578. The van der Waals surface area contributed by atoms with E-state index in [9.17, 15) is 10.0 Å². The van der Waals surface area contributed by atoms with Crippen molar-refractivity contribution < 1.29 is 10.0 Å². The van der Waals surface area contributed by atoms with E-state index in [1.165, 1.54) is 61.8 Å². The van der Waals surface area contributed by atoms with Gasteiger partial charge in [-0.25, -0.2) is 0 Å². The minimum Gasteiger partial charge on any atom is -0.423 e. The number of hydrogen-bond donors (Lipinski definition) is 2. The molecular formula is C18H33BO2Si. The minimum atomic E-state index is -1.46. The van der Waals surface area contributed by atoms with Crippen LogP contribution in [0.5, 0.6) is 0 Å². The van der Waals surface area contributed by atoms with Crippen molar-refractivity contribution in [3.8, 4) is 0 Å². The quantitative estimate of drug-likeness (QED) is 0.613. The topological polar surface area (TPSA) is 40.5 Å². The molecule has 0 atom stereocenters. The van der Waals surface area contributed by atoms with Gasteiger partial charge in [0.05, 0.1) is 8.07 Å². The van der Waals surface area contributed by atoms with Crippen LogP contribution in [0.3, 0.4) is 0 Å². The molecule has 2 nitrogen and oxygen atoms in total. The van der Waals surface area contributed by atoms with Gasteiger partial charge in [0.1, 0.15) is 0 Å². The highest BCUT2D eigenvalue weighted by Crippen LogP contribution is 2.28. The van der Waals surface area contributed by atoms with Crippen molar-refractivity contribution in [1.29, 1.82) is 0 Å². The Morgan fingerprint density at radius 2 is 1.18 bits per heavy atom. The molecule has 124 valence electrons. The summed E-state index contributed by atoms with van der Waals surface area (Å²) in [5.74, 6) is 0. The second-order valence-electron chi connectivity index (χ2n) is 6.59. The summed E-state index contributed by atoms with van der Waals surface area (Å²) < 4.78 is 0. The average molecular weight is 320 g/mol. The Kier molecular flexibility index (Phi) is 9.07. The number of hydrogen-bond acceptors (Lipinski definition) is 2. The molecule has 0 aliphatic carbocycles. The third kappa shape index (κ3) is 5.56. The molecule has 0 unspecified atom stereocenters. The van der Waals surface area contributed by atoms with Crippen molar-refractivity contribution in [2.24, 2.45) is 0 Å². The van der Waals surface area contributed by atoms with Gasteiger partial charge in [0.15, 0.2) is 0 Å². The Bertz CT molecular complexity index is 384. The van der Waals surface area contributed by atoms with Gasteiger partial charge in [0.2, 0.25) is 0 Å². The normalized spacial score (nSPS) is 11.7. The van der Waals surface area contributed by atoms with Crippen molar-refractivity contribution in [2.45, 2.75) is 77.4 Å². The molecule has 22 heavy (non-hydrogen) atoms. The first kappa shape index (κ1) is 19.5. The Labute approximate surface area is 138 Å². The monoisotopic (exact) mass is 320 g/mol. The fourth-order valence-corrected chi connectivity index (χ4v) is 8.94. The summed E-state index contributed by atoms with van der Waals surface area (Å²) in [6, 6.07) is 12.3. The van der Waals surface area contributed by atoms with Gasteiger partial charge in [-0.05, 0) is 5.46 Å². The lowest BCUT2D eigenvalue weighted by atomic mass is 9.81. The minimum absolute atomic E-state index is 0.605. The standard InChI is InChI=1S/C18H33BO2Si/c1-4-7-14-22(15-8-5-2,16-9-6-3)18-12-10-17(11-13-18)19(20)21/h10-13,20-21H,4-9,14-16H2,1-3H3. The highest BCUT2D eigenvalue weighted by Gasteiger charge is 2.33. The first-order valence-corrected chi connectivity index (χ1v) is 11.7. The highest BCUT2D eigenvalue weighted by molar-refractivity contribution is 6.92. The number of unbranched alkanes of at least 4 members (excludes halogenated alkanes) is 3. The van der Waals surface area contributed by atoms with Crippen molar-refractivity contribution in [1.82, 2.24) is 0 Å². The molecule has 0 aromatic heterocycles. The summed E-state index contributed by atoms with van der Waals surface area (Å²) in [6.45, 7) is 6.85. The van der Waals surface area contributed by atoms with Crippen LogP contribution in [0.2, 0.25) is 18.1 Å². The maximum Gasteiger partial charge on any atom is 0.488 e. The lowest BCUT2D eigenvalue weighted by molar-refractivity contribution is 0.426. The molecule has 2 N–H and O–H groups in total. The number of benzene rings is 1. The zero-order valence-corrected chi connectivity index (χ0v) is 15.6. The predicted molar refractivity (Wildman–Crippen MR) is 101 cm³/mol. The van der Waals surface area contributed by atoms with E-state index in [4.69, 9.17) is 0 Å². The summed E-state index contributed by atoms with van der Waals surface area (Å²) in [4.78, 5) is 0. The first-order chi connectivity index (χ1) is 10.6. The lowest BCUT2D eigenvalue weighted by Crippen LogP contribution is -2.48. The Morgan fingerprint density at radius 3 is 1.50 bits per heavy atom. The summed E-state index contributed by atoms with van der Waals surface area (Å²) >= 11 is 0. The van der Waals surface area contributed by atoms with Crippen molar-refractivity contribution in [2.75, 3.05) is 0 Å². The van der Waals surface area contributed by atoms with Crippen LogP contribution >= 0.6 is 0 Å². The summed E-state index contributed by atoms with van der Waals surface area (Å²) in [5, 5.41) is 20.1. The van der Waals surface area contributed by atoms with Gasteiger partial charge in [-0.2, -0.15) is 0 Å². The fraction of sp³-hybridized carbons (Fsp3) is 0.667. The van der Waals surface area contributed by atoms with E-state index in [-0.39, 0.29) is 0 Å². The van der Waals surface area contributed by atoms with E-state index in [0.717, 1.165) is 0 Å². The number of rotatable bonds is 11. The smallest absolute Gasteiger partial charge is 0.423 e. The van der Waals surface area contributed by atoms with Crippen LogP contribution in [0.1, 0.15) is 59.3 Å². The molecule has 0 spiro atoms. The molecule has 4 heteroatoms. The van der Waals surface area contributed by atoms with Gasteiger partial charge < -0.3 is 10.0 Å². The summed E-state index contributed by atoms with van der Waals surface area (Å²) in [6.07, 6.45) is 7.76. The van der Waals surface area contributed by atoms with Crippen LogP contribution in [0.25, 0.3) is 0 Å². The maximum absolute atomic E-state index is 9.31. The maximum atomic E-state index is 9.31. The van der Waals surface area contributed by atoms with Gasteiger partial charge in [-0.15, -0.1) is 0 Å². The third-order valence-corrected chi connectivity index (χ3v) is 10.3. The van der Waals surface area contributed by atoms with Crippen molar-refractivity contribution in [3.05, 3.63) is 24.3 Å². The average Bonchev–Trinajstić information content (AvgIpc) is 2.54. The molecule has 0 heterocycles. The molecule has 1 aromatic rings. The lowest BCUT2D eigenvalue weighted by Gasteiger charge is -2.33. The van der Waals surface area contributed by atoms with E-state index in [2.05, 4.69) is 32.9 Å². The zero-order chi connectivity index (χ0) is 16.4. The molecule has 1 rings (SSSR count). The van der Waals surface area contributed by atoms with Gasteiger partial charge >= 0.3 is 7.12 Å². The molecule has 0 fully saturated rings. The van der Waals surface area contributed by atoms with E-state index in [1.54, 1.807) is 0 Å². The van der Waals surface area contributed by atoms with Crippen LogP contribution in [0, 0.1) is 0 Å². The van der Waals surface area contributed by atoms with Crippen LogP contribution in [-0.4, -0.2) is 25.2 Å². The molecule has 0 saturated carbocycles. The van der Waals surface area contributed by atoms with Crippen molar-refractivity contribution >= 4 is 25.8 Å². The molecule has 0 saturated heterocycles. The molecule has 0 aliphatic heterocycles. The third-order valence-electron chi connectivity index (χ3n) is 4.85. The van der Waals surface area contributed by atoms with Crippen LogP contribution in [0.4, 0.5) is 0 Å². The van der Waals surface area contributed by atoms with Gasteiger partial charge in [-0.3, -0.25) is 0 Å². The largest absolute Gasteiger partial charge is 0.488 e. The summed E-state index contributed by atoms with van der Waals surface area (Å²) in [7, 11) is -2.81. The first-order valence-electron chi connectivity index (χ1n) is 9.06. The second-order valence-corrected chi connectivity index (χ2v) is 11.2. The Balaban J connectivity index is 3.07. The zero-order valence-electron chi connectivity index (χ0n) is 14.6. The van der Waals surface area contributed by atoms with Crippen LogP contribution in [-0.2, 0) is 0 Å². The SMILES string of the molecule is CCCC[Si](CCCC)(CCCC)c1ccc(B(O)O)cc1. The second kappa shape index (κ2) is 10.2. The predicted octanol–water partition coefficient (Wildman–Crippen LogP) is 3.42. The fourth-order valence-electron chi connectivity index (χ4n) is 3.36. The molecule has 1 aromatic carbocycles. The van der Waals surface area contributed by atoms with Gasteiger partial charge in [0, 0.05) is 0 Å². The Morgan fingerprint density at radius 1 is 0.773 bits per heavy atom. The molecule has 0 amide bonds. The van der Waals surface area contributed by atoms with E-state index in [1.807, 2.05) is 12.1 Å². The van der Waals surface area contributed by atoms with E-state index < -0.39 is 15.2 Å². The van der Waals surface area contributed by atoms with Crippen LogP contribution < -0.4 is 10.6 Å². The highest BCUT2D eigenvalue weighted by atomic mass is 28.3. The van der Waals surface area contributed by atoms with E-state index in [0.29, 0.717) is 5.46 Å². The summed E-state index contributed by atoms with van der Waals surface area (Å²) in [5.41, 5.74) is 0.605. The molecule has 0 radical (unpaired) electrons. The van der Waals surface area contributed by atoms with Gasteiger partial charge in [0.25, 0.3) is 0 Å². The van der Waals surface area contributed by atoms with E-state index >= 15 is 0 Å². The van der Waals surface area contributed by atoms with Crippen LogP contribution in [0.15, 0.2) is 24.3 Å². The molecular weight excluding hydrogens is 287 g/mol. The molecule has 0 bridgehead atoms. The van der Waals surface area contributed by atoms with Gasteiger partial charge in [-0.1, -0.05) is 107 Å². The molecule has 0 aliphatic rings. The van der Waals surface area contributed by atoms with Crippen molar-refractivity contribution in [3.63, 3.8) is 0 Å².